The largest absolute Gasteiger partial charge is 0.324 e. The quantitative estimate of drug-likeness (QED) is 0.488. The first-order valence-electron chi connectivity index (χ1n) is 5.57. The van der Waals surface area contributed by atoms with Crippen LogP contribution in [-0.4, -0.2) is 0 Å². The smallest absolute Gasteiger partial charge is 0.0997 e. The summed E-state index contributed by atoms with van der Waals surface area (Å²) in [6, 6.07) is 17.4. The molecule has 18 heavy (non-hydrogen) atoms. The average molecular weight is 235 g/mol. The van der Waals surface area contributed by atoms with Crippen molar-refractivity contribution in [2.75, 3.05) is 5.43 Å². The normalized spacial score (nSPS) is 10.2. The maximum absolute atomic E-state index is 8.98. The highest BCUT2D eigenvalue weighted by molar-refractivity contribution is 5.73. The number of benzene rings is 2. The maximum Gasteiger partial charge on any atom is 0.0997 e. The number of nitrogen functional groups attached to an aromatic ring is 1. The van der Waals surface area contributed by atoms with Crippen LogP contribution in [0.15, 0.2) is 48.5 Å². The first-order chi connectivity index (χ1) is 8.83. The number of nitrogens with one attached hydrogen (secondary N) is 1. The SMILES string of the molecule is N#Cc1ccccc1C=Cc1ccc(NN)cc1. The Morgan fingerprint density at radius 1 is 1.00 bits per heavy atom. The van der Waals surface area contributed by atoms with Crippen LogP contribution in [0.5, 0.6) is 0 Å². The van der Waals surface area contributed by atoms with Crippen molar-refractivity contribution in [3.05, 3.63) is 65.2 Å². The van der Waals surface area contributed by atoms with Crippen molar-refractivity contribution in [2.24, 2.45) is 5.84 Å². The number of hydrogen-bond donors (Lipinski definition) is 2. The first kappa shape index (κ1) is 11.9. The molecule has 2 aromatic carbocycles. The van der Waals surface area contributed by atoms with E-state index in [-0.39, 0.29) is 0 Å². The minimum absolute atomic E-state index is 0.675. The molecule has 2 rings (SSSR count). The molecule has 0 aliphatic heterocycles. The van der Waals surface area contributed by atoms with Gasteiger partial charge in [0.25, 0.3) is 0 Å². The third-order valence-corrected chi connectivity index (χ3v) is 2.61. The molecule has 0 heterocycles. The predicted molar refractivity (Wildman–Crippen MR) is 74.3 cm³/mol. The number of hydrogen-bond acceptors (Lipinski definition) is 3. The summed E-state index contributed by atoms with van der Waals surface area (Å²) in [5.41, 5.74) is 6.09. The number of anilines is 1. The monoisotopic (exact) mass is 235 g/mol. The highest BCUT2D eigenvalue weighted by Crippen LogP contribution is 2.14. The van der Waals surface area contributed by atoms with E-state index in [1.807, 2.05) is 54.6 Å². The molecule has 0 aliphatic rings. The van der Waals surface area contributed by atoms with Crippen LogP contribution in [0, 0.1) is 11.3 Å². The second kappa shape index (κ2) is 5.67. The molecular formula is C15H13N3. The lowest BCUT2D eigenvalue weighted by atomic mass is 10.1. The van der Waals surface area contributed by atoms with Crippen molar-refractivity contribution >= 4 is 17.8 Å². The van der Waals surface area contributed by atoms with Crippen LogP contribution in [0.2, 0.25) is 0 Å². The Kier molecular flexibility index (Phi) is 3.75. The van der Waals surface area contributed by atoms with E-state index in [4.69, 9.17) is 11.1 Å². The van der Waals surface area contributed by atoms with E-state index in [0.717, 1.165) is 16.8 Å². The summed E-state index contributed by atoms with van der Waals surface area (Å²) in [7, 11) is 0. The Labute approximate surface area is 106 Å². The zero-order valence-corrected chi connectivity index (χ0v) is 9.80. The van der Waals surface area contributed by atoms with Gasteiger partial charge in [0.1, 0.15) is 0 Å². The summed E-state index contributed by atoms with van der Waals surface area (Å²) in [5, 5.41) is 8.98. The molecule has 88 valence electrons. The Morgan fingerprint density at radius 2 is 1.72 bits per heavy atom. The predicted octanol–water partition coefficient (Wildman–Crippen LogP) is 3.01. The van der Waals surface area contributed by atoms with Crippen molar-refractivity contribution in [2.45, 2.75) is 0 Å². The van der Waals surface area contributed by atoms with Gasteiger partial charge in [0.15, 0.2) is 0 Å². The molecule has 0 bridgehead atoms. The van der Waals surface area contributed by atoms with Gasteiger partial charge in [-0.1, -0.05) is 42.5 Å². The van der Waals surface area contributed by atoms with Crippen molar-refractivity contribution < 1.29 is 0 Å². The van der Waals surface area contributed by atoms with Gasteiger partial charge in [-0.2, -0.15) is 5.26 Å². The fourth-order valence-corrected chi connectivity index (χ4v) is 1.62. The summed E-state index contributed by atoms with van der Waals surface area (Å²) in [6.07, 6.45) is 3.90. The highest BCUT2D eigenvalue weighted by Gasteiger charge is 1.95. The molecule has 3 nitrogen and oxygen atoms in total. The zero-order chi connectivity index (χ0) is 12.8. The average Bonchev–Trinajstić information content (AvgIpc) is 2.46. The summed E-state index contributed by atoms with van der Waals surface area (Å²) in [4.78, 5) is 0. The molecule has 0 radical (unpaired) electrons. The Hall–Kier alpha value is -2.57. The molecule has 3 N–H and O–H groups in total. The van der Waals surface area contributed by atoms with Gasteiger partial charge in [-0.3, -0.25) is 5.84 Å². The zero-order valence-electron chi connectivity index (χ0n) is 9.80. The third-order valence-electron chi connectivity index (χ3n) is 2.61. The lowest BCUT2D eigenvalue weighted by Gasteiger charge is -2.00. The van der Waals surface area contributed by atoms with Gasteiger partial charge in [0.05, 0.1) is 11.6 Å². The third kappa shape index (κ3) is 2.76. The van der Waals surface area contributed by atoms with Gasteiger partial charge in [0, 0.05) is 5.69 Å². The molecule has 0 spiro atoms. The number of hydrazine groups is 1. The second-order valence-corrected chi connectivity index (χ2v) is 3.80. The molecule has 0 atom stereocenters. The molecular weight excluding hydrogens is 222 g/mol. The van der Waals surface area contributed by atoms with Gasteiger partial charge in [0.2, 0.25) is 0 Å². The van der Waals surface area contributed by atoms with Crippen molar-refractivity contribution in [1.82, 2.24) is 0 Å². The van der Waals surface area contributed by atoms with Gasteiger partial charge >= 0.3 is 0 Å². The number of nitrogens with zero attached hydrogens (tertiary/aromatic N) is 1. The fourth-order valence-electron chi connectivity index (χ4n) is 1.62. The molecule has 0 fully saturated rings. The van der Waals surface area contributed by atoms with Gasteiger partial charge < -0.3 is 5.43 Å². The van der Waals surface area contributed by atoms with Crippen LogP contribution in [0.1, 0.15) is 16.7 Å². The van der Waals surface area contributed by atoms with Crippen LogP contribution in [0.4, 0.5) is 5.69 Å². The van der Waals surface area contributed by atoms with E-state index in [1.165, 1.54) is 0 Å². The standard InChI is InChI=1S/C15H13N3/c16-11-14-4-2-1-3-13(14)8-5-12-6-9-15(18-17)10-7-12/h1-10,18H,17H2. The summed E-state index contributed by atoms with van der Waals surface area (Å²) in [6.45, 7) is 0. The van der Waals surface area contributed by atoms with Crippen molar-refractivity contribution in [1.29, 1.82) is 5.26 Å². The lowest BCUT2D eigenvalue weighted by molar-refractivity contribution is 1.35. The van der Waals surface area contributed by atoms with E-state index >= 15 is 0 Å². The fraction of sp³-hybridized carbons (Fsp3) is 0. The van der Waals surface area contributed by atoms with Crippen molar-refractivity contribution in [3.63, 3.8) is 0 Å². The molecule has 0 saturated heterocycles. The molecule has 0 amide bonds. The van der Waals surface area contributed by atoms with Crippen molar-refractivity contribution in [3.8, 4) is 6.07 Å². The van der Waals surface area contributed by atoms with Gasteiger partial charge in [-0.25, -0.2) is 0 Å². The van der Waals surface area contributed by atoms with Crippen LogP contribution in [0.25, 0.3) is 12.2 Å². The number of nitrogens with two attached hydrogens (primary N) is 1. The van der Waals surface area contributed by atoms with Crippen LogP contribution >= 0.6 is 0 Å². The summed E-state index contributed by atoms with van der Waals surface area (Å²) in [5.74, 6) is 5.30. The van der Waals surface area contributed by atoms with E-state index in [0.29, 0.717) is 5.56 Å². The molecule has 0 aromatic heterocycles. The highest BCUT2D eigenvalue weighted by atomic mass is 15.2. The number of nitriles is 1. The molecule has 3 heteroatoms. The minimum Gasteiger partial charge on any atom is -0.324 e. The van der Waals surface area contributed by atoms with E-state index in [2.05, 4.69) is 11.5 Å². The van der Waals surface area contributed by atoms with Crippen LogP contribution < -0.4 is 11.3 Å². The van der Waals surface area contributed by atoms with E-state index in [9.17, 15) is 0 Å². The Morgan fingerprint density at radius 3 is 2.39 bits per heavy atom. The van der Waals surface area contributed by atoms with Crippen LogP contribution in [-0.2, 0) is 0 Å². The molecule has 0 aliphatic carbocycles. The Bertz CT molecular complexity index is 592. The van der Waals surface area contributed by atoms with Gasteiger partial charge in [-0.05, 0) is 29.3 Å². The van der Waals surface area contributed by atoms with Gasteiger partial charge in [-0.15, -0.1) is 0 Å². The Balaban J connectivity index is 2.22. The minimum atomic E-state index is 0.675. The molecule has 0 unspecified atom stereocenters. The molecule has 2 aromatic rings. The maximum atomic E-state index is 8.98. The second-order valence-electron chi connectivity index (χ2n) is 3.80. The summed E-state index contributed by atoms with van der Waals surface area (Å²) >= 11 is 0. The van der Waals surface area contributed by atoms with E-state index in [1.54, 1.807) is 6.07 Å². The topological polar surface area (TPSA) is 61.8 Å². The number of rotatable bonds is 3. The summed E-state index contributed by atoms with van der Waals surface area (Å²) < 4.78 is 0. The molecule has 0 saturated carbocycles. The van der Waals surface area contributed by atoms with Crippen LogP contribution in [0.3, 0.4) is 0 Å². The lowest BCUT2D eigenvalue weighted by Crippen LogP contribution is -2.05. The first-order valence-corrected chi connectivity index (χ1v) is 5.57. The van der Waals surface area contributed by atoms with E-state index < -0.39 is 0 Å².